The summed E-state index contributed by atoms with van der Waals surface area (Å²) in [4.78, 5) is 6.93. The largest absolute Gasteiger partial charge is 0.423 e. The lowest BCUT2D eigenvalue weighted by molar-refractivity contribution is 0.551. The molecule has 0 amide bonds. The van der Waals surface area contributed by atoms with Crippen LogP contribution in [0.25, 0.3) is 11.1 Å². The lowest BCUT2D eigenvalue weighted by Gasteiger charge is -2.20. The first-order valence-electron chi connectivity index (χ1n) is 8.62. The predicted octanol–water partition coefficient (Wildman–Crippen LogP) is 4.98. The topological polar surface area (TPSA) is 29.3 Å². The van der Waals surface area contributed by atoms with Crippen molar-refractivity contribution in [3.05, 3.63) is 60.2 Å². The predicted molar refractivity (Wildman–Crippen MR) is 104 cm³/mol. The Bertz CT molecular complexity index is 708. The second-order valence-electron chi connectivity index (χ2n) is 5.97. The maximum Gasteiger partial charge on any atom is 0.298 e. The zero-order valence-electron chi connectivity index (χ0n) is 13.9. The molecular weight excluding hydrogens is 316 g/mol. The standard InChI is InChI=1S/C20H24N2OS/c24-16-7-6-14-22(15-8-11-17-9-2-1-3-10-17)20-21-18-12-4-5-13-19(18)23-20/h1-5,9-10,12-13,24H,6-8,11,14-16H2. The Labute approximate surface area is 149 Å². The van der Waals surface area contributed by atoms with E-state index in [0.717, 1.165) is 61.6 Å². The summed E-state index contributed by atoms with van der Waals surface area (Å²) in [5, 5.41) is 0. The molecule has 3 aromatic rings. The molecule has 0 atom stereocenters. The monoisotopic (exact) mass is 340 g/mol. The van der Waals surface area contributed by atoms with Crippen LogP contribution in [0.5, 0.6) is 0 Å². The van der Waals surface area contributed by atoms with E-state index in [1.165, 1.54) is 5.56 Å². The van der Waals surface area contributed by atoms with E-state index in [1.54, 1.807) is 0 Å². The van der Waals surface area contributed by atoms with Crippen molar-refractivity contribution in [2.24, 2.45) is 0 Å². The van der Waals surface area contributed by atoms with Crippen LogP contribution in [0, 0.1) is 0 Å². The summed E-state index contributed by atoms with van der Waals surface area (Å²) < 4.78 is 5.96. The lowest BCUT2D eigenvalue weighted by atomic mass is 10.1. The van der Waals surface area contributed by atoms with Gasteiger partial charge in [-0.1, -0.05) is 42.5 Å². The molecule has 0 saturated carbocycles. The van der Waals surface area contributed by atoms with Gasteiger partial charge in [-0.05, 0) is 49.1 Å². The minimum absolute atomic E-state index is 0.739. The number of rotatable bonds is 9. The number of aryl methyl sites for hydroxylation is 1. The first kappa shape index (κ1) is 16.9. The Balaban J connectivity index is 1.65. The lowest BCUT2D eigenvalue weighted by Crippen LogP contribution is -2.26. The Morgan fingerprint density at radius 2 is 1.62 bits per heavy atom. The third-order valence-corrected chi connectivity index (χ3v) is 4.44. The highest BCUT2D eigenvalue weighted by molar-refractivity contribution is 7.80. The molecule has 2 aromatic carbocycles. The number of oxazole rings is 1. The van der Waals surface area contributed by atoms with Crippen LogP contribution in [0.3, 0.4) is 0 Å². The van der Waals surface area contributed by atoms with Crippen molar-refractivity contribution in [3.63, 3.8) is 0 Å². The van der Waals surface area contributed by atoms with Gasteiger partial charge in [0.1, 0.15) is 5.52 Å². The van der Waals surface area contributed by atoms with Gasteiger partial charge in [-0.3, -0.25) is 0 Å². The van der Waals surface area contributed by atoms with E-state index in [2.05, 4.69) is 52.8 Å². The van der Waals surface area contributed by atoms with Gasteiger partial charge in [0.2, 0.25) is 0 Å². The Kier molecular flexibility index (Phi) is 6.19. The maximum absolute atomic E-state index is 5.96. The quantitative estimate of drug-likeness (QED) is 0.440. The zero-order chi connectivity index (χ0) is 16.6. The van der Waals surface area contributed by atoms with Gasteiger partial charge >= 0.3 is 0 Å². The van der Waals surface area contributed by atoms with Crippen molar-refractivity contribution >= 4 is 29.7 Å². The summed E-state index contributed by atoms with van der Waals surface area (Å²) in [5.41, 5.74) is 3.16. The number of aromatic nitrogens is 1. The third kappa shape index (κ3) is 4.54. The molecule has 0 bridgehead atoms. The average molecular weight is 340 g/mol. The molecule has 0 aliphatic rings. The number of benzene rings is 2. The van der Waals surface area contributed by atoms with Gasteiger partial charge in [0.05, 0.1) is 0 Å². The summed E-state index contributed by atoms with van der Waals surface area (Å²) >= 11 is 4.31. The van der Waals surface area contributed by atoms with Gasteiger partial charge in [-0.25, -0.2) is 0 Å². The SMILES string of the molecule is SCCCCN(CCCc1ccccc1)c1nc2ccccc2o1. The fourth-order valence-electron chi connectivity index (χ4n) is 2.83. The van der Waals surface area contributed by atoms with E-state index in [0.29, 0.717) is 0 Å². The Hall–Kier alpha value is -1.94. The molecule has 0 saturated heterocycles. The number of fused-ring (bicyclic) bond motifs is 1. The van der Waals surface area contributed by atoms with E-state index in [1.807, 2.05) is 24.3 Å². The number of thiol groups is 1. The summed E-state index contributed by atoms with van der Waals surface area (Å²) in [7, 11) is 0. The van der Waals surface area contributed by atoms with Gasteiger partial charge in [-0.15, -0.1) is 0 Å². The molecule has 0 radical (unpaired) electrons. The molecule has 3 nitrogen and oxygen atoms in total. The molecule has 1 heterocycles. The number of nitrogens with zero attached hydrogens (tertiary/aromatic N) is 2. The molecule has 0 N–H and O–H groups in total. The molecule has 126 valence electrons. The van der Waals surface area contributed by atoms with Crippen LogP contribution >= 0.6 is 12.6 Å². The van der Waals surface area contributed by atoms with E-state index in [9.17, 15) is 0 Å². The maximum atomic E-state index is 5.96. The fraction of sp³-hybridized carbons (Fsp3) is 0.350. The summed E-state index contributed by atoms with van der Waals surface area (Å²) in [6.45, 7) is 1.91. The van der Waals surface area contributed by atoms with E-state index < -0.39 is 0 Å². The van der Waals surface area contributed by atoms with Gasteiger partial charge in [-0.2, -0.15) is 17.6 Å². The molecule has 0 spiro atoms. The number of anilines is 1. The van der Waals surface area contributed by atoms with Gasteiger partial charge in [0.25, 0.3) is 6.01 Å². The number of unbranched alkanes of at least 4 members (excludes halogenated alkanes) is 1. The molecule has 24 heavy (non-hydrogen) atoms. The van der Waals surface area contributed by atoms with E-state index in [-0.39, 0.29) is 0 Å². The minimum Gasteiger partial charge on any atom is -0.423 e. The van der Waals surface area contributed by atoms with Crippen LogP contribution in [-0.4, -0.2) is 23.8 Å². The third-order valence-electron chi connectivity index (χ3n) is 4.13. The van der Waals surface area contributed by atoms with Crippen molar-refractivity contribution in [2.45, 2.75) is 25.7 Å². The molecular formula is C20H24N2OS. The number of hydrogen-bond donors (Lipinski definition) is 1. The van der Waals surface area contributed by atoms with Crippen LogP contribution in [-0.2, 0) is 6.42 Å². The summed E-state index contributed by atoms with van der Waals surface area (Å²) in [6, 6.07) is 19.3. The Morgan fingerprint density at radius 1 is 0.875 bits per heavy atom. The van der Waals surface area contributed by atoms with E-state index >= 15 is 0 Å². The highest BCUT2D eigenvalue weighted by Gasteiger charge is 2.13. The molecule has 3 rings (SSSR count). The summed E-state index contributed by atoms with van der Waals surface area (Å²) in [6.07, 6.45) is 4.37. The first-order chi connectivity index (χ1) is 11.9. The number of para-hydroxylation sites is 2. The second kappa shape index (κ2) is 8.78. The number of hydrogen-bond acceptors (Lipinski definition) is 4. The zero-order valence-corrected chi connectivity index (χ0v) is 14.8. The average Bonchev–Trinajstić information content (AvgIpc) is 3.05. The molecule has 0 aliphatic carbocycles. The first-order valence-corrected chi connectivity index (χ1v) is 9.25. The van der Waals surface area contributed by atoms with Crippen LogP contribution in [0.4, 0.5) is 6.01 Å². The van der Waals surface area contributed by atoms with Crippen molar-refractivity contribution in [3.8, 4) is 0 Å². The van der Waals surface area contributed by atoms with Gasteiger partial charge in [0.15, 0.2) is 5.58 Å². The van der Waals surface area contributed by atoms with Crippen LogP contribution in [0.2, 0.25) is 0 Å². The normalized spacial score (nSPS) is 11.0. The van der Waals surface area contributed by atoms with Crippen molar-refractivity contribution in [2.75, 3.05) is 23.7 Å². The van der Waals surface area contributed by atoms with Gasteiger partial charge in [0, 0.05) is 13.1 Å². The summed E-state index contributed by atoms with van der Waals surface area (Å²) in [5.74, 6) is 0.922. The van der Waals surface area contributed by atoms with Crippen LogP contribution < -0.4 is 4.90 Å². The highest BCUT2D eigenvalue weighted by Crippen LogP contribution is 2.22. The Morgan fingerprint density at radius 3 is 2.42 bits per heavy atom. The highest BCUT2D eigenvalue weighted by atomic mass is 32.1. The van der Waals surface area contributed by atoms with E-state index in [4.69, 9.17) is 4.42 Å². The molecule has 1 aromatic heterocycles. The van der Waals surface area contributed by atoms with Crippen molar-refractivity contribution < 1.29 is 4.42 Å². The smallest absolute Gasteiger partial charge is 0.298 e. The molecule has 4 heteroatoms. The fourth-order valence-corrected chi connectivity index (χ4v) is 3.06. The molecule has 0 aliphatic heterocycles. The van der Waals surface area contributed by atoms with Crippen molar-refractivity contribution in [1.29, 1.82) is 0 Å². The molecule has 0 unspecified atom stereocenters. The second-order valence-corrected chi connectivity index (χ2v) is 6.42. The molecule has 0 fully saturated rings. The van der Waals surface area contributed by atoms with Gasteiger partial charge < -0.3 is 9.32 Å². The van der Waals surface area contributed by atoms with Crippen LogP contribution in [0.1, 0.15) is 24.8 Å². The van der Waals surface area contributed by atoms with Crippen LogP contribution in [0.15, 0.2) is 59.0 Å². The van der Waals surface area contributed by atoms with Crippen molar-refractivity contribution in [1.82, 2.24) is 4.98 Å². The minimum atomic E-state index is 0.739.